The molecule has 2 N–H and O–H groups in total. The average Bonchev–Trinajstić information content (AvgIpc) is 2.38. The van der Waals surface area contributed by atoms with Crippen LogP contribution in [0.5, 0.6) is 0 Å². The molecule has 0 atom stereocenters. The van der Waals surface area contributed by atoms with E-state index >= 15 is 0 Å². The lowest BCUT2D eigenvalue weighted by atomic mass is 9.67. The van der Waals surface area contributed by atoms with E-state index in [0.29, 0.717) is 12.1 Å². The number of nitrogens with one attached hydrogen (secondary N) is 1. The van der Waals surface area contributed by atoms with Gasteiger partial charge in [0.25, 0.3) is 10.0 Å². The molecule has 1 fully saturated rings. The Morgan fingerprint density at radius 1 is 1.42 bits per heavy atom. The maximum atomic E-state index is 12.1. The lowest BCUT2D eigenvalue weighted by Gasteiger charge is -2.41. The molecular weight excluding hydrogens is 264 g/mol. The van der Waals surface area contributed by atoms with Crippen LogP contribution >= 0.6 is 0 Å². The molecule has 1 aliphatic carbocycles. The summed E-state index contributed by atoms with van der Waals surface area (Å²) in [6, 6.07) is 2.99. The molecule has 5 nitrogen and oxygen atoms in total. The summed E-state index contributed by atoms with van der Waals surface area (Å²) >= 11 is 0. The molecule has 0 bridgehead atoms. The van der Waals surface area contributed by atoms with Crippen molar-refractivity contribution in [2.75, 3.05) is 6.54 Å². The molecule has 0 amide bonds. The van der Waals surface area contributed by atoms with E-state index in [-0.39, 0.29) is 17.0 Å². The van der Waals surface area contributed by atoms with Crippen LogP contribution in [0.4, 0.5) is 0 Å². The number of hydrogen-bond donors (Lipinski definition) is 2. The Kier molecular flexibility index (Phi) is 4.23. The van der Waals surface area contributed by atoms with Gasteiger partial charge in [0.1, 0.15) is 0 Å². The number of nitrogens with zero attached hydrogens (tertiary/aromatic N) is 1. The van der Waals surface area contributed by atoms with Crippen LogP contribution in [-0.4, -0.2) is 25.1 Å². The van der Waals surface area contributed by atoms with E-state index in [9.17, 15) is 8.42 Å². The van der Waals surface area contributed by atoms with Crippen LogP contribution in [0.3, 0.4) is 0 Å². The summed E-state index contributed by atoms with van der Waals surface area (Å²) in [5.74, 6) is 0. The van der Waals surface area contributed by atoms with Crippen molar-refractivity contribution >= 4 is 10.0 Å². The van der Waals surface area contributed by atoms with Crippen LogP contribution in [-0.2, 0) is 16.6 Å². The molecule has 6 heteroatoms. The number of pyridine rings is 1. The number of aliphatic hydroxyl groups excluding tert-OH is 1. The molecule has 1 saturated carbocycles. The van der Waals surface area contributed by atoms with Crippen LogP contribution in [0.2, 0.25) is 0 Å². The minimum Gasteiger partial charge on any atom is -0.392 e. The summed E-state index contributed by atoms with van der Waals surface area (Å²) < 4.78 is 26.9. The number of rotatable bonds is 6. The minimum absolute atomic E-state index is 0.00952. The summed E-state index contributed by atoms with van der Waals surface area (Å²) in [6.07, 6.45) is 5.73. The van der Waals surface area contributed by atoms with Crippen LogP contribution in [0.15, 0.2) is 23.4 Å². The molecule has 106 valence electrons. The van der Waals surface area contributed by atoms with Crippen molar-refractivity contribution in [2.45, 2.75) is 44.2 Å². The van der Waals surface area contributed by atoms with Gasteiger partial charge in [0, 0.05) is 12.7 Å². The van der Waals surface area contributed by atoms with Crippen molar-refractivity contribution in [3.8, 4) is 0 Å². The number of hydrogen-bond acceptors (Lipinski definition) is 4. The molecule has 1 heterocycles. The van der Waals surface area contributed by atoms with Gasteiger partial charge in [-0.1, -0.05) is 19.4 Å². The van der Waals surface area contributed by atoms with E-state index in [0.717, 1.165) is 19.3 Å². The van der Waals surface area contributed by atoms with Crippen LogP contribution in [0, 0.1) is 5.41 Å². The normalized spacial score (nSPS) is 18.0. The maximum Gasteiger partial charge on any atom is 0.258 e. The van der Waals surface area contributed by atoms with Gasteiger partial charge in [0.15, 0.2) is 5.03 Å². The Bertz CT molecular complexity index is 516. The summed E-state index contributed by atoms with van der Waals surface area (Å²) in [7, 11) is -3.55. The van der Waals surface area contributed by atoms with Gasteiger partial charge in [-0.05, 0) is 36.3 Å². The van der Waals surface area contributed by atoms with Gasteiger partial charge in [0.2, 0.25) is 0 Å². The zero-order valence-corrected chi connectivity index (χ0v) is 11.9. The standard InChI is InChI=1S/C13H20N2O3S/c1-2-13(6-3-7-13)10-15-19(17,18)12-5-4-11(9-16)8-14-12/h4-5,8,15-16H,2-3,6-7,9-10H2,1H3. The Balaban J connectivity index is 2.05. The number of aliphatic hydroxyl groups is 1. The largest absolute Gasteiger partial charge is 0.392 e. The van der Waals surface area contributed by atoms with Gasteiger partial charge in [-0.2, -0.15) is 0 Å². The highest BCUT2D eigenvalue weighted by molar-refractivity contribution is 7.89. The third-order valence-corrected chi connectivity index (χ3v) is 5.37. The molecule has 0 saturated heterocycles. The van der Waals surface area contributed by atoms with Gasteiger partial charge in [-0.15, -0.1) is 0 Å². The van der Waals surface area contributed by atoms with Gasteiger partial charge in [0.05, 0.1) is 6.61 Å². The first-order valence-corrected chi connectivity index (χ1v) is 8.05. The fraction of sp³-hybridized carbons (Fsp3) is 0.615. The second-order valence-electron chi connectivity index (χ2n) is 5.19. The van der Waals surface area contributed by atoms with E-state index < -0.39 is 10.0 Å². The van der Waals surface area contributed by atoms with E-state index in [1.807, 2.05) is 0 Å². The third kappa shape index (κ3) is 3.13. The second-order valence-corrected chi connectivity index (χ2v) is 6.91. The Morgan fingerprint density at radius 3 is 2.58 bits per heavy atom. The predicted octanol–water partition coefficient (Wildman–Crippen LogP) is 1.43. The van der Waals surface area contributed by atoms with E-state index in [1.165, 1.54) is 18.7 Å². The quantitative estimate of drug-likeness (QED) is 0.828. The van der Waals surface area contributed by atoms with Gasteiger partial charge >= 0.3 is 0 Å². The first kappa shape index (κ1) is 14.4. The lowest BCUT2D eigenvalue weighted by molar-refractivity contribution is 0.133. The molecule has 19 heavy (non-hydrogen) atoms. The maximum absolute atomic E-state index is 12.1. The van der Waals surface area contributed by atoms with E-state index in [2.05, 4.69) is 16.6 Å². The van der Waals surface area contributed by atoms with Crippen LogP contribution < -0.4 is 4.72 Å². The van der Waals surface area contributed by atoms with Gasteiger partial charge in [-0.3, -0.25) is 0 Å². The third-order valence-electron chi connectivity index (χ3n) is 4.06. The van der Waals surface area contributed by atoms with Crippen molar-refractivity contribution in [2.24, 2.45) is 5.41 Å². The van der Waals surface area contributed by atoms with Crippen molar-refractivity contribution in [3.63, 3.8) is 0 Å². The zero-order valence-electron chi connectivity index (χ0n) is 11.1. The van der Waals surface area contributed by atoms with Gasteiger partial charge < -0.3 is 5.11 Å². The van der Waals surface area contributed by atoms with Crippen molar-refractivity contribution in [3.05, 3.63) is 23.9 Å². The highest BCUT2D eigenvalue weighted by Gasteiger charge is 2.36. The monoisotopic (exact) mass is 284 g/mol. The number of aromatic nitrogens is 1. The fourth-order valence-electron chi connectivity index (χ4n) is 2.32. The van der Waals surface area contributed by atoms with E-state index in [4.69, 9.17) is 5.11 Å². The molecule has 0 radical (unpaired) electrons. The van der Waals surface area contributed by atoms with Gasteiger partial charge in [-0.25, -0.2) is 18.1 Å². The first-order chi connectivity index (χ1) is 9.01. The second kappa shape index (κ2) is 5.56. The molecule has 0 aromatic carbocycles. The molecule has 0 aliphatic heterocycles. The van der Waals surface area contributed by atoms with Crippen LogP contribution in [0.1, 0.15) is 38.2 Å². The molecule has 1 aliphatic rings. The predicted molar refractivity (Wildman–Crippen MR) is 71.9 cm³/mol. The Morgan fingerprint density at radius 2 is 2.16 bits per heavy atom. The Hall–Kier alpha value is -0.980. The lowest BCUT2D eigenvalue weighted by Crippen LogP contribution is -2.41. The molecular formula is C13H20N2O3S. The van der Waals surface area contributed by atoms with Crippen molar-refractivity contribution in [1.29, 1.82) is 0 Å². The molecule has 1 aromatic rings. The highest BCUT2D eigenvalue weighted by Crippen LogP contribution is 2.43. The van der Waals surface area contributed by atoms with Crippen molar-refractivity contribution in [1.82, 2.24) is 9.71 Å². The summed E-state index contributed by atoms with van der Waals surface area (Å²) in [5.41, 5.74) is 0.737. The molecule has 2 rings (SSSR count). The number of sulfonamides is 1. The van der Waals surface area contributed by atoms with E-state index in [1.54, 1.807) is 6.07 Å². The summed E-state index contributed by atoms with van der Waals surface area (Å²) in [5, 5.41) is 8.92. The van der Waals surface area contributed by atoms with Crippen molar-refractivity contribution < 1.29 is 13.5 Å². The molecule has 0 unspecified atom stereocenters. The highest BCUT2D eigenvalue weighted by atomic mass is 32.2. The molecule has 0 spiro atoms. The topological polar surface area (TPSA) is 79.3 Å². The Labute approximate surface area is 114 Å². The fourth-order valence-corrected chi connectivity index (χ4v) is 3.40. The average molecular weight is 284 g/mol. The smallest absolute Gasteiger partial charge is 0.258 e. The first-order valence-electron chi connectivity index (χ1n) is 6.57. The summed E-state index contributed by atoms with van der Waals surface area (Å²) in [6.45, 7) is 2.44. The summed E-state index contributed by atoms with van der Waals surface area (Å²) in [4.78, 5) is 3.88. The molecule has 1 aromatic heterocycles. The minimum atomic E-state index is -3.55. The van der Waals surface area contributed by atoms with Crippen LogP contribution in [0.25, 0.3) is 0 Å². The zero-order chi connectivity index (χ0) is 13.9. The SMILES string of the molecule is CCC1(CNS(=O)(=O)c2ccc(CO)cn2)CCC1.